The number of cyclic esters (lactones) is 1. The van der Waals surface area contributed by atoms with Crippen LogP contribution in [-0.2, 0) is 22.4 Å². The Balaban J connectivity index is 1.38. The van der Waals surface area contributed by atoms with Crippen molar-refractivity contribution in [3.63, 3.8) is 0 Å². The lowest BCUT2D eigenvalue weighted by atomic mass is 9.76. The molecule has 1 atom stereocenters. The summed E-state index contributed by atoms with van der Waals surface area (Å²) in [5.41, 5.74) is 1.94. The molecule has 0 bridgehead atoms. The molecule has 2 N–H and O–H groups in total. The number of aromatic hydroxyl groups is 1. The van der Waals surface area contributed by atoms with Gasteiger partial charge in [0.1, 0.15) is 22.9 Å². The first-order valence-corrected chi connectivity index (χ1v) is 13.7. The molecule has 0 aromatic heterocycles. The Morgan fingerprint density at radius 2 is 2.03 bits per heavy atom. The minimum absolute atomic E-state index is 0.0821. The van der Waals surface area contributed by atoms with E-state index in [4.69, 9.17) is 21.1 Å². The van der Waals surface area contributed by atoms with Gasteiger partial charge >= 0.3 is 5.97 Å². The topological polar surface area (TPSA) is 104 Å². The van der Waals surface area contributed by atoms with Crippen molar-refractivity contribution < 1.29 is 24.5 Å². The number of benzene rings is 1. The number of carbonyl (C=O) groups is 1. The number of hydrogen-bond acceptors (Lipinski definition) is 8. The number of phenolic OH excluding ortho intramolecular Hbond substituents is 1. The van der Waals surface area contributed by atoms with Gasteiger partial charge in [0.05, 0.1) is 23.9 Å². The van der Waals surface area contributed by atoms with Crippen LogP contribution in [0.5, 0.6) is 11.5 Å². The van der Waals surface area contributed by atoms with Gasteiger partial charge in [-0.05, 0) is 61.3 Å². The van der Waals surface area contributed by atoms with E-state index in [9.17, 15) is 15.0 Å². The summed E-state index contributed by atoms with van der Waals surface area (Å²) in [4.78, 5) is 24.1. The number of esters is 1. The molecule has 8 nitrogen and oxygen atoms in total. The maximum atomic E-state index is 13.4. The number of aliphatic imine (C=N–C) groups is 2. The van der Waals surface area contributed by atoms with Crippen LogP contribution in [0.3, 0.4) is 0 Å². The largest absolute Gasteiger partial charge is 0.512 e. The summed E-state index contributed by atoms with van der Waals surface area (Å²) < 4.78 is 11.8. The van der Waals surface area contributed by atoms with Crippen LogP contribution in [0.15, 0.2) is 56.5 Å². The SMILES string of the molecule is CCc1cc(CCC2(C3CCCC3)CC(O)=C(CC3=CCN4C=C(Cl)C=NC4=N3)C(=O)O2)c(OC)cc1O. The third-order valence-electron chi connectivity index (χ3n) is 8.10. The molecule has 202 valence electrons. The molecule has 3 aliphatic heterocycles. The lowest BCUT2D eigenvalue weighted by Crippen LogP contribution is -2.46. The summed E-state index contributed by atoms with van der Waals surface area (Å²) >= 11 is 6.03. The lowest BCUT2D eigenvalue weighted by molar-refractivity contribution is -0.167. The molecular weight excluding hydrogens is 506 g/mol. The molecule has 1 fully saturated rings. The van der Waals surface area contributed by atoms with Gasteiger partial charge in [-0.25, -0.2) is 14.8 Å². The van der Waals surface area contributed by atoms with Crippen molar-refractivity contribution in [2.75, 3.05) is 13.7 Å². The average Bonchev–Trinajstić information content (AvgIpc) is 3.46. The van der Waals surface area contributed by atoms with Crippen LogP contribution in [0.25, 0.3) is 0 Å². The fourth-order valence-electron chi connectivity index (χ4n) is 6.00. The quantitative estimate of drug-likeness (QED) is 0.411. The monoisotopic (exact) mass is 539 g/mol. The molecule has 0 spiro atoms. The van der Waals surface area contributed by atoms with Crippen LogP contribution >= 0.6 is 11.6 Å². The molecule has 1 saturated carbocycles. The second-order valence-corrected chi connectivity index (χ2v) is 10.8. The maximum absolute atomic E-state index is 13.4. The molecular formula is C29H34ClN3O5. The van der Waals surface area contributed by atoms with Gasteiger partial charge in [-0.2, -0.15) is 0 Å². The zero-order valence-corrected chi connectivity index (χ0v) is 22.6. The Hall–Kier alpha value is -3.26. The van der Waals surface area contributed by atoms with Crippen molar-refractivity contribution >= 4 is 29.7 Å². The summed E-state index contributed by atoms with van der Waals surface area (Å²) in [5.74, 6) is 1.12. The second kappa shape index (κ2) is 10.8. The Bertz CT molecular complexity index is 1280. The molecule has 1 aliphatic carbocycles. The number of rotatable bonds is 8. The number of nitrogens with zero attached hydrogens (tertiary/aromatic N) is 3. The summed E-state index contributed by atoms with van der Waals surface area (Å²) in [6, 6.07) is 3.62. The summed E-state index contributed by atoms with van der Waals surface area (Å²) in [5, 5.41) is 22.0. The highest BCUT2D eigenvalue weighted by Gasteiger charge is 2.48. The Kier molecular flexibility index (Phi) is 7.52. The zero-order valence-electron chi connectivity index (χ0n) is 21.9. The van der Waals surface area contributed by atoms with E-state index in [2.05, 4.69) is 9.98 Å². The Labute approximate surface area is 228 Å². The maximum Gasteiger partial charge on any atom is 0.338 e. The lowest BCUT2D eigenvalue weighted by Gasteiger charge is -2.42. The minimum atomic E-state index is -0.782. The predicted molar refractivity (Wildman–Crippen MR) is 147 cm³/mol. The van der Waals surface area contributed by atoms with Crippen molar-refractivity contribution in [3.8, 4) is 11.5 Å². The number of aryl methyl sites for hydroxylation is 2. The minimum Gasteiger partial charge on any atom is -0.512 e. The number of hydrogen-bond donors (Lipinski definition) is 2. The highest BCUT2D eigenvalue weighted by Crippen LogP contribution is 2.47. The van der Waals surface area contributed by atoms with E-state index in [1.54, 1.807) is 19.4 Å². The van der Waals surface area contributed by atoms with E-state index in [1.807, 2.05) is 24.0 Å². The molecule has 5 rings (SSSR count). The van der Waals surface area contributed by atoms with Crippen molar-refractivity contribution in [1.82, 2.24) is 4.90 Å². The number of ether oxygens (including phenoxy) is 2. The molecule has 4 aliphatic rings. The smallest absolute Gasteiger partial charge is 0.338 e. The highest BCUT2D eigenvalue weighted by atomic mass is 35.5. The van der Waals surface area contributed by atoms with Gasteiger partial charge in [-0.15, -0.1) is 0 Å². The van der Waals surface area contributed by atoms with Gasteiger partial charge in [0.2, 0.25) is 5.96 Å². The number of halogens is 1. The first kappa shape index (κ1) is 26.4. The van der Waals surface area contributed by atoms with Gasteiger partial charge in [-0.1, -0.05) is 31.4 Å². The van der Waals surface area contributed by atoms with Crippen LogP contribution in [-0.4, -0.2) is 52.5 Å². The number of allylic oxidation sites excluding steroid dienone is 2. The van der Waals surface area contributed by atoms with Crippen LogP contribution in [0, 0.1) is 5.92 Å². The van der Waals surface area contributed by atoms with E-state index >= 15 is 0 Å². The molecule has 3 heterocycles. The Morgan fingerprint density at radius 3 is 2.74 bits per heavy atom. The summed E-state index contributed by atoms with van der Waals surface area (Å²) in [6.45, 7) is 2.53. The standard InChI is InChI=1S/C29H34ClN3O5/c1-3-18-12-19(26(37-2)14-24(18)34)8-10-29(20-6-4-5-7-20)15-25(35)23(27(36)38-29)13-22-9-11-33-17-21(30)16-31-28(33)32-22/h9,12,14,16-17,20,34-35H,3-8,10-11,13,15H2,1-2H3. The average molecular weight is 540 g/mol. The van der Waals surface area contributed by atoms with Gasteiger partial charge < -0.3 is 24.6 Å². The molecule has 1 aromatic rings. The van der Waals surface area contributed by atoms with Crippen molar-refractivity contribution in [1.29, 1.82) is 0 Å². The third kappa shape index (κ3) is 5.19. The number of aliphatic hydroxyl groups excluding tert-OH is 1. The van der Waals surface area contributed by atoms with Crippen molar-refractivity contribution in [3.05, 3.63) is 57.6 Å². The number of aliphatic hydroxyl groups is 1. The van der Waals surface area contributed by atoms with E-state index in [1.165, 1.54) is 6.21 Å². The molecule has 1 unspecified atom stereocenters. The van der Waals surface area contributed by atoms with E-state index in [0.717, 1.165) is 36.8 Å². The first-order valence-electron chi connectivity index (χ1n) is 13.3. The summed E-state index contributed by atoms with van der Waals surface area (Å²) in [6.07, 6.45) is 11.6. The normalized spacial score (nSPS) is 23.6. The number of guanidine groups is 1. The molecule has 1 aromatic carbocycles. The fourth-order valence-corrected chi connectivity index (χ4v) is 6.17. The van der Waals surface area contributed by atoms with Crippen molar-refractivity contribution in [2.24, 2.45) is 15.9 Å². The molecule has 9 heteroatoms. The molecule has 0 amide bonds. The zero-order chi connectivity index (χ0) is 26.9. The van der Waals surface area contributed by atoms with Crippen LogP contribution in [0.1, 0.15) is 63.0 Å². The molecule has 0 saturated heterocycles. The van der Waals surface area contributed by atoms with E-state index in [0.29, 0.717) is 48.2 Å². The number of methoxy groups -OCH3 is 1. The number of fused-ring (bicyclic) bond motifs is 1. The van der Waals surface area contributed by atoms with Crippen molar-refractivity contribution in [2.45, 2.75) is 70.3 Å². The van der Waals surface area contributed by atoms with E-state index in [-0.39, 0.29) is 35.8 Å². The van der Waals surface area contributed by atoms with Crippen LogP contribution in [0.4, 0.5) is 0 Å². The van der Waals surface area contributed by atoms with Gasteiger partial charge in [0.25, 0.3) is 0 Å². The fraction of sp³-hybridized carbons (Fsp3) is 0.483. The predicted octanol–water partition coefficient (Wildman–Crippen LogP) is 5.69. The Morgan fingerprint density at radius 1 is 1.24 bits per heavy atom. The second-order valence-electron chi connectivity index (χ2n) is 10.4. The van der Waals surface area contributed by atoms with Gasteiger partial charge in [-0.3, -0.25) is 0 Å². The van der Waals surface area contributed by atoms with Crippen LogP contribution < -0.4 is 4.74 Å². The third-order valence-corrected chi connectivity index (χ3v) is 8.30. The van der Waals surface area contributed by atoms with Gasteiger partial charge in [0.15, 0.2) is 0 Å². The number of carbonyl (C=O) groups excluding carboxylic acids is 1. The first-order chi connectivity index (χ1) is 18.3. The molecule has 38 heavy (non-hydrogen) atoms. The van der Waals surface area contributed by atoms with Crippen LogP contribution in [0.2, 0.25) is 0 Å². The van der Waals surface area contributed by atoms with E-state index < -0.39 is 11.6 Å². The highest BCUT2D eigenvalue weighted by molar-refractivity contribution is 6.40. The summed E-state index contributed by atoms with van der Waals surface area (Å²) in [7, 11) is 1.59. The van der Waals surface area contributed by atoms with Gasteiger partial charge in [0, 0.05) is 37.3 Å². The number of phenols is 1. The molecule has 0 radical (unpaired) electrons.